The molecule has 2 atom stereocenters. The van der Waals surface area contributed by atoms with Gasteiger partial charge in [-0.1, -0.05) is 12.8 Å². The molecule has 0 N–H and O–H groups in total. The number of ether oxygens (including phenoxy) is 2. The summed E-state index contributed by atoms with van der Waals surface area (Å²) in [7, 11) is 0. The Balaban J connectivity index is 1.65. The van der Waals surface area contributed by atoms with Crippen LogP contribution in [-0.4, -0.2) is 74.4 Å². The Hall–Kier alpha value is -0.650. The van der Waals surface area contributed by atoms with Crippen molar-refractivity contribution in [2.45, 2.75) is 31.7 Å². The smallest absolute Gasteiger partial charge is 0.227 e. The standard InChI is InChI=1S/C15H26N2O3/c18-15(17-7-11-20-12-8-17)13-3-1-2-4-14(13)16-5-9-19-10-6-16/h13-14H,1-12H2/t13-,14-/m1/s1. The van der Waals surface area contributed by atoms with E-state index in [0.717, 1.165) is 45.8 Å². The molecule has 5 nitrogen and oxygen atoms in total. The maximum atomic E-state index is 12.8. The number of nitrogens with zero attached hydrogens (tertiary/aromatic N) is 2. The monoisotopic (exact) mass is 282 g/mol. The van der Waals surface area contributed by atoms with Gasteiger partial charge in [0, 0.05) is 32.2 Å². The van der Waals surface area contributed by atoms with Crippen LogP contribution in [-0.2, 0) is 14.3 Å². The first kappa shape index (κ1) is 14.3. The van der Waals surface area contributed by atoms with Crippen LogP contribution >= 0.6 is 0 Å². The topological polar surface area (TPSA) is 42.0 Å². The van der Waals surface area contributed by atoms with Gasteiger partial charge in [-0.2, -0.15) is 0 Å². The average molecular weight is 282 g/mol. The first-order valence-corrected chi connectivity index (χ1v) is 8.04. The Labute approximate surface area is 121 Å². The van der Waals surface area contributed by atoms with Crippen molar-refractivity contribution < 1.29 is 14.3 Å². The quantitative estimate of drug-likeness (QED) is 0.749. The molecule has 0 radical (unpaired) electrons. The summed E-state index contributed by atoms with van der Waals surface area (Å²) in [6.45, 7) is 6.52. The summed E-state index contributed by atoms with van der Waals surface area (Å²) in [5.41, 5.74) is 0. The Kier molecular flexibility index (Phi) is 4.91. The molecule has 0 bridgehead atoms. The molecule has 0 aromatic carbocycles. The maximum Gasteiger partial charge on any atom is 0.227 e. The van der Waals surface area contributed by atoms with Gasteiger partial charge in [0.05, 0.1) is 32.3 Å². The third kappa shape index (κ3) is 3.15. The lowest BCUT2D eigenvalue weighted by Gasteiger charge is -2.42. The Morgan fingerprint density at radius 1 is 0.850 bits per heavy atom. The second-order valence-electron chi connectivity index (χ2n) is 6.04. The molecule has 0 unspecified atom stereocenters. The van der Waals surface area contributed by atoms with E-state index in [0.29, 0.717) is 25.2 Å². The van der Waals surface area contributed by atoms with Gasteiger partial charge in [0.15, 0.2) is 0 Å². The predicted octanol–water partition coefficient (Wildman–Crippen LogP) is 0.736. The summed E-state index contributed by atoms with van der Waals surface area (Å²) in [5, 5.41) is 0. The predicted molar refractivity (Wildman–Crippen MR) is 75.5 cm³/mol. The highest BCUT2D eigenvalue weighted by molar-refractivity contribution is 5.79. The van der Waals surface area contributed by atoms with Crippen molar-refractivity contribution >= 4 is 5.91 Å². The van der Waals surface area contributed by atoms with Gasteiger partial charge in [0.25, 0.3) is 0 Å². The van der Waals surface area contributed by atoms with E-state index < -0.39 is 0 Å². The van der Waals surface area contributed by atoms with Crippen LogP contribution in [0.4, 0.5) is 0 Å². The highest BCUT2D eigenvalue weighted by atomic mass is 16.5. The van der Waals surface area contributed by atoms with Gasteiger partial charge < -0.3 is 14.4 Å². The molecule has 114 valence electrons. The van der Waals surface area contributed by atoms with Crippen LogP contribution in [0.3, 0.4) is 0 Å². The van der Waals surface area contributed by atoms with Crippen LogP contribution in [0.25, 0.3) is 0 Å². The van der Waals surface area contributed by atoms with Crippen molar-refractivity contribution in [3.8, 4) is 0 Å². The zero-order chi connectivity index (χ0) is 13.8. The molecular weight excluding hydrogens is 256 g/mol. The van der Waals surface area contributed by atoms with Crippen LogP contribution in [0.2, 0.25) is 0 Å². The van der Waals surface area contributed by atoms with Gasteiger partial charge in [-0.25, -0.2) is 0 Å². The van der Waals surface area contributed by atoms with E-state index in [1.807, 2.05) is 4.90 Å². The lowest BCUT2D eigenvalue weighted by atomic mass is 9.82. The number of hydrogen-bond donors (Lipinski definition) is 0. The molecule has 3 fully saturated rings. The molecule has 1 aliphatic carbocycles. The van der Waals surface area contributed by atoms with Gasteiger partial charge in [0.2, 0.25) is 5.91 Å². The summed E-state index contributed by atoms with van der Waals surface area (Å²) in [6.07, 6.45) is 4.68. The summed E-state index contributed by atoms with van der Waals surface area (Å²) >= 11 is 0. The van der Waals surface area contributed by atoms with Crippen molar-refractivity contribution in [1.29, 1.82) is 0 Å². The van der Waals surface area contributed by atoms with Crippen LogP contribution in [0.5, 0.6) is 0 Å². The number of morpholine rings is 2. The fourth-order valence-electron chi connectivity index (χ4n) is 3.76. The highest BCUT2D eigenvalue weighted by Crippen LogP contribution is 2.30. The molecule has 2 heterocycles. The maximum absolute atomic E-state index is 12.8. The lowest BCUT2D eigenvalue weighted by molar-refractivity contribution is -0.144. The average Bonchev–Trinajstić information content (AvgIpc) is 2.56. The number of amides is 1. The Morgan fingerprint density at radius 2 is 1.45 bits per heavy atom. The van der Waals surface area contributed by atoms with E-state index in [1.165, 1.54) is 19.3 Å². The minimum Gasteiger partial charge on any atom is -0.379 e. The molecule has 3 rings (SSSR count). The number of hydrogen-bond acceptors (Lipinski definition) is 4. The number of carbonyl (C=O) groups is 1. The zero-order valence-corrected chi connectivity index (χ0v) is 12.3. The second-order valence-corrected chi connectivity index (χ2v) is 6.04. The molecule has 5 heteroatoms. The highest BCUT2D eigenvalue weighted by Gasteiger charge is 2.37. The Morgan fingerprint density at radius 3 is 2.15 bits per heavy atom. The lowest BCUT2D eigenvalue weighted by Crippen LogP contribution is -2.54. The molecule has 0 aromatic rings. The van der Waals surface area contributed by atoms with E-state index >= 15 is 0 Å². The van der Waals surface area contributed by atoms with Crippen LogP contribution in [0.15, 0.2) is 0 Å². The molecule has 0 spiro atoms. The fraction of sp³-hybridized carbons (Fsp3) is 0.933. The Bertz CT molecular complexity index is 325. The van der Waals surface area contributed by atoms with E-state index in [2.05, 4.69) is 4.90 Å². The fourth-order valence-corrected chi connectivity index (χ4v) is 3.76. The second kappa shape index (κ2) is 6.87. The summed E-state index contributed by atoms with van der Waals surface area (Å²) < 4.78 is 10.8. The molecule has 1 amide bonds. The largest absolute Gasteiger partial charge is 0.379 e. The van der Waals surface area contributed by atoms with Crippen LogP contribution < -0.4 is 0 Å². The number of carbonyl (C=O) groups excluding carboxylic acids is 1. The van der Waals surface area contributed by atoms with E-state index in [4.69, 9.17) is 9.47 Å². The summed E-state index contributed by atoms with van der Waals surface area (Å²) in [6, 6.07) is 0.433. The summed E-state index contributed by atoms with van der Waals surface area (Å²) in [5.74, 6) is 0.560. The molecule has 3 aliphatic rings. The minimum absolute atomic E-state index is 0.194. The van der Waals surface area contributed by atoms with Crippen molar-refractivity contribution in [1.82, 2.24) is 9.80 Å². The normalized spacial score (nSPS) is 33.1. The molecule has 2 aliphatic heterocycles. The van der Waals surface area contributed by atoms with Gasteiger partial charge in [0.1, 0.15) is 0 Å². The van der Waals surface area contributed by atoms with Crippen LogP contribution in [0.1, 0.15) is 25.7 Å². The van der Waals surface area contributed by atoms with Gasteiger partial charge >= 0.3 is 0 Å². The molecule has 2 saturated heterocycles. The zero-order valence-electron chi connectivity index (χ0n) is 12.3. The number of rotatable bonds is 2. The van der Waals surface area contributed by atoms with Gasteiger partial charge in [-0.15, -0.1) is 0 Å². The molecule has 0 aromatic heterocycles. The SMILES string of the molecule is O=C([C@@H]1CCCC[C@H]1N1CCOCC1)N1CCOCC1. The summed E-state index contributed by atoms with van der Waals surface area (Å²) in [4.78, 5) is 17.3. The third-order valence-corrected chi connectivity index (χ3v) is 4.88. The van der Waals surface area contributed by atoms with E-state index in [1.54, 1.807) is 0 Å². The van der Waals surface area contributed by atoms with Crippen molar-refractivity contribution in [3.05, 3.63) is 0 Å². The minimum atomic E-state index is 0.194. The third-order valence-electron chi connectivity index (χ3n) is 4.88. The van der Waals surface area contributed by atoms with Crippen molar-refractivity contribution in [2.24, 2.45) is 5.92 Å². The molecule has 20 heavy (non-hydrogen) atoms. The molecular formula is C15H26N2O3. The van der Waals surface area contributed by atoms with E-state index in [9.17, 15) is 4.79 Å². The van der Waals surface area contributed by atoms with Gasteiger partial charge in [-0.3, -0.25) is 9.69 Å². The van der Waals surface area contributed by atoms with Crippen molar-refractivity contribution in [3.63, 3.8) is 0 Å². The van der Waals surface area contributed by atoms with Crippen molar-refractivity contribution in [2.75, 3.05) is 52.6 Å². The molecule has 1 saturated carbocycles. The van der Waals surface area contributed by atoms with E-state index in [-0.39, 0.29) is 5.92 Å². The first-order chi connectivity index (χ1) is 9.86. The van der Waals surface area contributed by atoms with Gasteiger partial charge in [-0.05, 0) is 12.8 Å². The van der Waals surface area contributed by atoms with Crippen LogP contribution in [0, 0.1) is 5.92 Å². The first-order valence-electron chi connectivity index (χ1n) is 8.04.